The Kier molecular flexibility index (Phi) is 5.15. The van der Waals surface area contributed by atoms with Gasteiger partial charge in [0, 0.05) is 13.7 Å². The fourth-order valence-corrected chi connectivity index (χ4v) is 4.04. The van der Waals surface area contributed by atoms with Crippen molar-refractivity contribution in [2.75, 3.05) is 18.9 Å². The molecule has 1 atom stereocenters. The van der Waals surface area contributed by atoms with E-state index >= 15 is 0 Å². The Bertz CT molecular complexity index is 1060. The minimum atomic E-state index is -3.39. The largest absolute Gasteiger partial charge is 0.493 e. The van der Waals surface area contributed by atoms with Crippen molar-refractivity contribution in [3.05, 3.63) is 70.6 Å². The minimum Gasteiger partial charge on any atom is -0.493 e. The standard InChI is InChI=1S/C19H22N3O4P/c1-14-18(19(23)22(21(14)2)15-10-6-5-7-11-15)20-27(4,24)26-17-13-9-8-12-16(17)25-3/h5-13H,1-4H3,(H,20,24)/t27-/m0/s1. The maximum Gasteiger partial charge on any atom is 0.338 e. The first kappa shape index (κ1) is 18.9. The van der Waals surface area contributed by atoms with Crippen LogP contribution >= 0.6 is 7.52 Å². The lowest BCUT2D eigenvalue weighted by Gasteiger charge is -2.18. The molecule has 3 aromatic rings. The van der Waals surface area contributed by atoms with Gasteiger partial charge in [0.15, 0.2) is 11.5 Å². The summed E-state index contributed by atoms with van der Waals surface area (Å²) in [5, 5.41) is 2.81. The predicted octanol–water partition coefficient (Wildman–Crippen LogP) is 3.81. The lowest BCUT2D eigenvalue weighted by molar-refractivity contribution is 0.391. The molecule has 0 aliphatic carbocycles. The lowest BCUT2D eigenvalue weighted by Crippen LogP contribution is -2.21. The van der Waals surface area contributed by atoms with Gasteiger partial charge in [0.05, 0.1) is 18.5 Å². The fraction of sp³-hybridized carbons (Fsp3) is 0.211. The van der Waals surface area contributed by atoms with Gasteiger partial charge in [-0.15, -0.1) is 0 Å². The van der Waals surface area contributed by atoms with Crippen LogP contribution in [0.2, 0.25) is 0 Å². The van der Waals surface area contributed by atoms with Gasteiger partial charge in [0.2, 0.25) is 0 Å². The van der Waals surface area contributed by atoms with Crippen LogP contribution in [0.5, 0.6) is 11.5 Å². The van der Waals surface area contributed by atoms with Crippen LogP contribution in [0.3, 0.4) is 0 Å². The van der Waals surface area contributed by atoms with Crippen LogP contribution in [0.15, 0.2) is 59.4 Å². The fourth-order valence-electron chi connectivity index (χ4n) is 2.80. The smallest absolute Gasteiger partial charge is 0.338 e. The second kappa shape index (κ2) is 7.37. The zero-order valence-corrected chi connectivity index (χ0v) is 16.6. The molecular weight excluding hydrogens is 365 g/mol. The third-order valence-corrected chi connectivity index (χ3v) is 5.39. The van der Waals surface area contributed by atoms with Crippen LogP contribution in [0.25, 0.3) is 5.69 Å². The molecule has 0 aliphatic heterocycles. The number of anilines is 1. The van der Waals surface area contributed by atoms with Gasteiger partial charge in [0.1, 0.15) is 5.69 Å². The van der Waals surface area contributed by atoms with Crippen LogP contribution in [0.1, 0.15) is 5.69 Å². The van der Waals surface area contributed by atoms with E-state index in [4.69, 9.17) is 9.26 Å². The first-order valence-electron chi connectivity index (χ1n) is 8.36. The summed E-state index contributed by atoms with van der Waals surface area (Å²) in [6.07, 6.45) is 0. The minimum absolute atomic E-state index is 0.238. The third-order valence-electron chi connectivity index (χ3n) is 4.21. The van der Waals surface area contributed by atoms with E-state index < -0.39 is 7.52 Å². The molecule has 0 aliphatic rings. The molecule has 0 unspecified atom stereocenters. The number of ether oxygens (including phenoxy) is 1. The molecule has 7 nitrogen and oxygen atoms in total. The van der Waals surface area contributed by atoms with E-state index in [0.29, 0.717) is 17.2 Å². The van der Waals surface area contributed by atoms with E-state index in [-0.39, 0.29) is 11.2 Å². The zero-order valence-electron chi connectivity index (χ0n) is 15.7. The molecule has 0 saturated heterocycles. The summed E-state index contributed by atoms with van der Waals surface area (Å²) in [4.78, 5) is 12.9. The average Bonchev–Trinajstić information content (AvgIpc) is 2.85. The Labute approximate surface area is 157 Å². The zero-order chi connectivity index (χ0) is 19.6. The quantitative estimate of drug-likeness (QED) is 0.651. The van der Waals surface area contributed by atoms with E-state index in [1.54, 1.807) is 42.9 Å². The molecule has 0 amide bonds. The van der Waals surface area contributed by atoms with Gasteiger partial charge in [-0.25, -0.2) is 4.68 Å². The summed E-state index contributed by atoms with van der Waals surface area (Å²) in [6.45, 7) is 3.21. The lowest BCUT2D eigenvalue weighted by atomic mass is 10.3. The molecule has 8 heteroatoms. The monoisotopic (exact) mass is 387 g/mol. The number of methoxy groups -OCH3 is 1. The van der Waals surface area contributed by atoms with E-state index in [1.807, 2.05) is 30.3 Å². The summed E-state index contributed by atoms with van der Waals surface area (Å²) in [5.41, 5.74) is 1.31. The Balaban J connectivity index is 1.96. The normalized spacial score (nSPS) is 13.0. The number of hydrogen-bond acceptors (Lipinski definition) is 4. The Hall–Kier alpha value is -2.92. The molecule has 1 aromatic heterocycles. The van der Waals surface area contributed by atoms with Gasteiger partial charge >= 0.3 is 7.52 Å². The number of benzene rings is 2. The molecular formula is C19H22N3O4P. The van der Waals surface area contributed by atoms with Gasteiger partial charge in [-0.1, -0.05) is 30.3 Å². The van der Waals surface area contributed by atoms with E-state index in [2.05, 4.69) is 5.09 Å². The molecule has 0 bridgehead atoms. The molecule has 1 heterocycles. The van der Waals surface area contributed by atoms with Gasteiger partial charge < -0.3 is 9.26 Å². The summed E-state index contributed by atoms with van der Waals surface area (Å²) in [7, 11) is -0.101. The molecule has 2 aromatic carbocycles. The maximum absolute atomic E-state index is 13.0. The van der Waals surface area contributed by atoms with E-state index in [9.17, 15) is 9.36 Å². The van der Waals surface area contributed by atoms with Crippen LogP contribution in [-0.4, -0.2) is 23.1 Å². The van der Waals surface area contributed by atoms with Crippen molar-refractivity contribution in [1.29, 1.82) is 0 Å². The van der Waals surface area contributed by atoms with Crippen molar-refractivity contribution < 1.29 is 13.8 Å². The second-order valence-corrected chi connectivity index (χ2v) is 8.23. The highest BCUT2D eigenvalue weighted by Crippen LogP contribution is 2.45. The molecule has 27 heavy (non-hydrogen) atoms. The Morgan fingerprint density at radius 3 is 2.22 bits per heavy atom. The van der Waals surface area contributed by atoms with Gasteiger partial charge in [-0.3, -0.25) is 19.1 Å². The highest BCUT2D eigenvalue weighted by molar-refractivity contribution is 7.60. The van der Waals surface area contributed by atoms with Crippen molar-refractivity contribution >= 4 is 13.2 Å². The van der Waals surface area contributed by atoms with E-state index in [0.717, 1.165) is 5.69 Å². The topological polar surface area (TPSA) is 74.5 Å². The molecule has 0 fully saturated rings. The van der Waals surface area contributed by atoms with Crippen LogP contribution < -0.4 is 19.9 Å². The molecule has 0 spiro atoms. The second-order valence-electron chi connectivity index (χ2n) is 6.14. The molecule has 3 rings (SSSR count). The average molecular weight is 387 g/mol. The van der Waals surface area contributed by atoms with Crippen LogP contribution in [-0.2, 0) is 11.6 Å². The van der Waals surface area contributed by atoms with Crippen molar-refractivity contribution in [2.45, 2.75) is 6.92 Å². The number of nitrogens with one attached hydrogen (secondary N) is 1. The molecule has 142 valence electrons. The number of rotatable bonds is 6. The van der Waals surface area contributed by atoms with Gasteiger partial charge in [-0.2, -0.15) is 0 Å². The number of para-hydroxylation sites is 3. The van der Waals surface area contributed by atoms with Gasteiger partial charge in [0.25, 0.3) is 5.56 Å². The van der Waals surface area contributed by atoms with Gasteiger partial charge in [-0.05, 0) is 31.2 Å². The highest BCUT2D eigenvalue weighted by Gasteiger charge is 2.25. The SMILES string of the molecule is COc1ccccc1O[P@](C)(=O)Nc1c(C)n(C)n(-c2ccccc2)c1=O. The molecule has 1 N–H and O–H groups in total. The van der Waals surface area contributed by atoms with Crippen molar-refractivity contribution in [3.8, 4) is 17.2 Å². The Morgan fingerprint density at radius 2 is 1.59 bits per heavy atom. The van der Waals surface area contributed by atoms with Crippen molar-refractivity contribution in [1.82, 2.24) is 9.36 Å². The third kappa shape index (κ3) is 3.78. The van der Waals surface area contributed by atoms with Crippen molar-refractivity contribution in [2.24, 2.45) is 7.05 Å². The maximum atomic E-state index is 13.0. The molecule has 0 saturated carbocycles. The van der Waals surface area contributed by atoms with Crippen LogP contribution in [0, 0.1) is 6.92 Å². The number of nitrogens with zero attached hydrogens (tertiary/aromatic N) is 2. The number of hydrogen-bond donors (Lipinski definition) is 1. The van der Waals surface area contributed by atoms with Crippen molar-refractivity contribution in [3.63, 3.8) is 0 Å². The molecule has 0 radical (unpaired) electrons. The summed E-state index contributed by atoms with van der Waals surface area (Å²) < 4.78 is 27.1. The first-order valence-corrected chi connectivity index (χ1v) is 10.4. The summed E-state index contributed by atoms with van der Waals surface area (Å²) in [6, 6.07) is 16.2. The summed E-state index contributed by atoms with van der Waals surface area (Å²) >= 11 is 0. The number of aromatic nitrogens is 2. The van der Waals surface area contributed by atoms with E-state index in [1.165, 1.54) is 18.5 Å². The summed E-state index contributed by atoms with van der Waals surface area (Å²) in [5.74, 6) is 0.808. The van der Waals surface area contributed by atoms with Crippen LogP contribution in [0.4, 0.5) is 5.69 Å². The predicted molar refractivity (Wildman–Crippen MR) is 107 cm³/mol. The highest BCUT2D eigenvalue weighted by atomic mass is 31.2. The Morgan fingerprint density at radius 1 is 1.00 bits per heavy atom. The first-order chi connectivity index (χ1) is 12.8.